The first-order valence-electron chi connectivity index (χ1n) is 8.86. The van der Waals surface area contributed by atoms with Crippen molar-refractivity contribution in [3.05, 3.63) is 30.2 Å². The summed E-state index contributed by atoms with van der Waals surface area (Å²) in [7, 11) is 0. The van der Waals surface area contributed by atoms with Crippen molar-refractivity contribution < 1.29 is 14.0 Å². The predicted octanol–water partition coefficient (Wildman–Crippen LogP) is 2.24. The summed E-state index contributed by atoms with van der Waals surface area (Å²) in [5.41, 5.74) is 0.0805. The molecule has 2 aliphatic carbocycles. The van der Waals surface area contributed by atoms with Crippen LogP contribution in [0, 0.1) is 5.92 Å². The number of carbonyl (C=O) groups excluding carboxylic acids is 2. The summed E-state index contributed by atoms with van der Waals surface area (Å²) in [6.45, 7) is 0.710. The highest BCUT2D eigenvalue weighted by molar-refractivity contribution is 5.98. The van der Waals surface area contributed by atoms with Crippen molar-refractivity contribution in [2.45, 2.75) is 44.1 Å². The molecule has 4 rings (SSSR count). The molecule has 2 heterocycles. The van der Waals surface area contributed by atoms with Crippen molar-refractivity contribution in [2.75, 3.05) is 6.54 Å². The molecule has 0 bridgehead atoms. The average Bonchev–Trinajstić information content (AvgIpc) is 3.07. The number of H-pyrrole nitrogens is 1. The first-order valence-corrected chi connectivity index (χ1v) is 8.86. The summed E-state index contributed by atoms with van der Waals surface area (Å²) in [6.07, 6.45) is 7.15. The molecule has 2 aliphatic rings. The second kappa shape index (κ2) is 6.38. The number of aromatic amines is 1. The normalized spacial score (nSPS) is 18.9. The van der Waals surface area contributed by atoms with E-state index in [-0.39, 0.29) is 17.5 Å². The molecule has 2 saturated carbocycles. The van der Waals surface area contributed by atoms with Crippen LogP contribution < -0.4 is 10.6 Å². The van der Waals surface area contributed by atoms with Gasteiger partial charge in [-0.05, 0) is 43.7 Å². The molecule has 7 heteroatoms. The zero-order valence-electron chi connectivity index (χ0n) is 14.0. The Labute approximate surface area is 145 Å². The van der Waals surface area contributed by atoms with Gasteiger partial charge in [0.05, 0.1) is 6.26 Å². The fourth-order valence-corrected chi connectivity index (χ4v) is 3.39. The molecule has 0 atom stereocenters. The predicted molar refractivity (Wildman–Crippen MR) is 90.7 cm³/mol. The Morgan fingerprint density at radius 3 is 2.80 bits per heavy atom. The van der Waals surface area contributed by atoms with E-state index in [2.05, 4.69) is 20.8 Å². The van der Waals surface area contributed by atoms with Crippen LogP contribution in [0.4, 0.5) is 0 Å². The molecule has 132 valence electrons. The second-order valence-electron chi connectivity index (χ2n) is 7.04. The number of rotatable bonds is 6. The topological polar surface area (TPSA) is 100 Å². The summed E-state index contributed by atoms with van der Waals surface area (Å²) >= 11 is 0. The Morgan fingerprint density at radius 1 is 1.32 bits per heavy atom. The van der Waals surface area contributed by atoms with Gasteiger partial charge in [-0.15, -0.1) is 0 Å². The third-order valence-electron chi connectivity index (χ3n) is 5.09. The lowest BCUT2D eigenvalue weighted by Gasteiger charge is -2.28. The summed E-state index contributed by atoms with van der Waals surface area (Å²) < 4.78 is 5.30. The minimum Gasteiger partial charge on any atom is -0.463 e. The number of nitrogens with one attached hydrogen (secondary N) is 3. The Kier molecular flexibility index (Phi) is 4.07. The van der Waals surface area contributed by atoms with E-state index in [0.29, 0.717) is 36.8 Å². The van der Waals surface area contributed by atoms with E-state index in [1.165, 1.54) is 12.8 Å². The van der Waals surface area contributed by atoms with Gasteiger partial charge in [0.15, 0.2) is 11.5 Å². The molecule has 0 spiro atoms. The maximum Gasteiger partial charge on any atom is 0.272 e. The lowest BCUT2D eigenvalue weighted by Crippen LogP contribution is -2.57. The number of hydrogen-bond donors (Lipinski definition) is 3. The van der Waals surface area contributed by atoms with E-state index in [0.717, 1.165) is 12.8 Å². The van der Waals surface area contributed by atoms with Gasteiger partial charge in [-0.3, -0.25) is 14.7 Å². The van der Waals surface area contributed by atoms with Crippen LogP contribution in [0.5, 0.6) is 0 Å². The minimum absolute atomic E-state index is 0.0629. The van der Waals surface area contributed by atoms with Crippen molar-refractivity contribution in [1.29, 1.82) is 0 Å². The van der Waals surface area contributed by atoms with Crippen LogP contribution in [-0.2, 0) is 4.79 Å². The van der Waals surface area contributed by atoms with E-state index in [4.69, 9.17) is 4.42 Å². The van der Waals surface area contributed by atoms with E-state index in [1.807, 2.05) is 0 Å². The summed E-state index contributed by atoms with van der Waals surface area (Å²) in [6, 6.07) is 5.20. The first-order chi connectivity index (χ1) is 12.2. The van der Waals surface area contributed by atoms with Crippen LogP contribution in [0.2, 0.25) is 0 Å². The number of carbonyl (C=O) groups is 2. The van der Waals surface area contributed by atoms with Crippen molar-refractivity contribution in [2.24, 2.45) is 5.92 Å². The maximum absolute atomic E-state index is 12.7. The van der Waals surface area contributed by atoms with Crippen LogP contribution in [0.15, 0.2) is 28.9 Å². The maximum atomic E-state index is 12.7. The fraction of sp³-hybridized carbons (Fsp3) is 0.500. The monoisotopic (exact) mass is 342 g/mol. The standard InChI is InChI=1S/C18H22N4O3/c23-16(14-10-13(21-22-14)15-4-3-9-25-15)20-18(7-1-2-8-18)17(24)19-11-12-5-6-12/h3-4,9-10,12H,1-2,5-8,11H2,(H,19,24)(H,20,23)(H,21,22). The zero-order valence-corrected chi connectivity index (χ0v) is 14.0. The van der Waals surface area contributed by atoms with Gasteiger partial charge >= 0.3 is 0 Å². The van der Waals surface area contributed by atoms with Crippen molar-refractivity contribution in [3.8, 4) is 11.5 Å². The lowest BCUT2D eigenvalue weighted by molar-refractivity contribution is -0.127. The largest absolute Gasteiger partial charge is 0.463 e. The molecular formula is C18H22N4O3. The van der Waals surface area contributed by atoms with Gasteiger partial charge in [0.2, 0.25) is 5.91 Å². The third kappa shape index (κ3) is 3.31. The Balaban J connectivity index is 1.46. The summed E-state index contributed by atoms with van der Waals surface area (Å²) in [5.74, 6) is 0.828. The SMILES string of the molecule is O=C(NC1(C(=O)NCC2CC2)CCCC1)c1cc(-c2ccco2)[nH]n1. The number of furan rings is 1. The van der Waals surface area contributed by atoms with Gasteiger partial charge in [0.25, 0.3) is 5.91 Å². The molecule has 0 radical (unpaired) electrons. The van der Waals surface area contributed by atoms with Crippen LogP contribution in [0.25, 0.3) is 11.5 Å². The van der Waals surface area contributed by atoms with Gasteiger partial charge in [-0.25, -0.2) is 0 Å². The smallest absolute Gasteiger partial charge is 0.272 e. The quantitative estimate of drug-likeness (QED) is 0.749. The zero-order chi connectivity index (χ0) is 17.3. The Bertz CT molecular complexity index is 755. The molecule has 3 N–H and O–H groups in total. The van der Waals surface area contributed by atoms with E-state index in [1.54, 1.807) is 24.5 Å². The molecule has 2 aromatic rings. The number of amides is 2. The van der Waals surface area contributed by atoms with E-state index < -0.39 is 5.54 Å². The third-order valence-corrected chi connectivity index (χ3v) is 5.09. The molecule has 0 aliphatic heterocycles. The molecule has 0 aromatic carbocycles. The van der Waals surface area contributed by atoms with Crippen LogP contribution >= 0.6 is 0 Å². The molecule has 2 amide bonds. The highest BCUT2D eigenvalue weighted by Crippen LogP contribution is 2.32. The average molecular weight is 342 g/mol. The van der Waals surface area contributed by atoms with Gasteiger partial charge in [0, 0.05) is 12.6 Å². The lowest BCUT2D eigenvalue weighted by atomic mass is 9.95. The molecular weight excluding hydrogens is 320 g/mol. The summed E-state index contributed by atoms with van der Waals surface area (Å²) in [5, 5.41) is 12.8. The van der Waals surface area contributed by atoms with Gasteiger partial charge in [-0.1, -0.05) is 12.8 Å². The highest BCUT2D eigenvalue weighted by Gasteiger charge is 2.43. The van der Waals surface area contributed by atoms with E-state index >= 15 is 0 Å². The first kappa shape index (κ1) is 15.9. The number of aromatic nitrogens is 2. The van der Waals surface area contributed by atoms with Crippen LogP contribution in [-0.4, -0.2) is 34.1 Å². The van der Waals surface area contributed by atoms with Gasteiger partial charge in [0.1, 0.15) is 11.2 Å². The molecule has 7 nitrogen and oxygen atoms in total. The fourth-order valence-electron chi connectivity index (χ4n) is 3.39. The molecule has 25 heavy (non-hydrogen) atoms. The second-order valence-corrected chi connectivity index (χ2v) is 7.04. The Morgan fingerprint density at radius 2 is 2.12 bits per heavy atom. The van der Waals surface area contributed by atoms with Gasteiger partial charge < -0.3 is 15.1 Å². The van der Waals surface area contributed by atoms with Crippen molar-refractivity contribution in [1.82, 2.24) is 20.8 Å². The molecule has 0 saturated heterocycles. The van der Waals surface area contributed by atoms with E-state index in [9.17, 15) is 9.59 Å². The van der Waals surface area contributed by atoms with Crippen molar-refractivity contribution in [3.63, 3.8) is 0 Å². The molecule has 2 aromatic heterocycles. The molecule has 2 fully saturated rings. The number of hydrogen-bond acceptors (Lipinski definition) is 4. The summed E-state index contributed by atoms with van der Waals surface area (Å²) in [4.78, 5) is 25.3. The van der Waals surface area contributed by atoms with Crippen molar-refractivity contribution >= 4 is 11.8 Å². The van der Waals surface area contributed by atoms with Crippen LogP contribution in [0.3, 0.4) is 0 Å². The van der Waals surface area contributed by atoms with Crippen LogP contribution in [0.1, 0.15) is 49.0 Å². The van der Waals surface area contributed by atoms with Gasteiger partial charge in [-0.2, -0.15) is 5.10 Å². The molecule has 0 unspecified atom stereocenters. The highest BCUT2D eigenvalue weighted by atomic mass is 16.3. The number of nitrogens with zero attached hydrogens (tertiary/aromatic N) is 1. The Hall–Kier alpha value is -2.57. The minimum atomic E-state index is -0.810.